The summed E-state index contributed by atoms with van der Waals surface area (Å²) in [6, 6.07) is 0.569. The Hall–Kier alpha value is -0.720. The molecule has 1 aliphatic rings. The summed E-state index contributed by atoms with van der Waals surface area (Å²) in [6.07, 6.45) is 9.39. The van der Waals surface area contributed by atoms with Crippen molar-refractivity contribution in [3.8, 4) is 0 Å². The van der Waals surface area contributed by atoms with Crippen LogP contribution in [0.5, 0.6) is 0 Å². The van der Waals surface area contributed by atoms with E-state index in [1.54, 1.807) is 0 Å². The molecule has 1 atom stereocenters. The first-order valence-electron chi connectivity index (χ1n) is 5.03. The van der Waals surface area contributed by atoms with E-state index in [-0.39, 0.29) is 0 Å². The van der Waals surface area contributed by atoms with Gasteiger partial charge in [0.25, 0.3) is 0 Å². The molecule has 12 heavy (non-hydrogen) atoms. The maximum absolute atomic E-state index is 3.20. The Morgan fingerprint density at radius 1 is 1.08 bits per heavy atom. The van der Waals surface area contributed by atoms with E-state index < -0.39 is 0 Å². The standard InChI is InChI=1S/C7H11N.2C2H6/c1-2-7-5-3-4-6-8-7;2*1-2/h3-8H,2H2,1H3;2*1-2H3. The zero-order chi connectivity index (χ0) is 9.82. The number of rotatable bonds is 1. The van der Waals surface area contributed by atoms with Crippen molar-refractivity contribution in [3.05, 3.63) is 24.4 Å². The van der Waals surface area contributed by atoms with Gasteiger partial charge in [0, 0.05) is 6.04 Å². The zero-order valence-corrected chi connectivity index (χ0v) is 9.09. The van der Waals surface area contributed by atoms with Crippen LogP contribution in [-0.4, -0.2) is 6.04 Å². The highest BCUT2D eigenvalue weighted by atomic mass is 14.9. The molecule has 0 aromatic rings. The van der Waals surface area contributed by atoms with Crippen LogP contribution in [0.25, 0.3) is 0 Å². The van der Waals surface area contributed by atoms with Crippen LogP contribution in [0, 0.1) is 0 Å². The first-order chi connectivity index (χ1) is 5.93. The lowest BCUT2D eigenvalue weighted by molar-refractivity contribution is 0.670. The van der Waals surface area contributed by atoms with E-state index >= 15 is 0 Å². The Balaban J connectivity index is 0. The molecule has 0 bridgehead atoms. The minimum Gasteiger partial charge on any atom is -0.385 e. The second kappa shape index (κ2) is 12.9. The van der Waals surface area contributed by atoms with Gasteiger partial charge in [-0.3, -0.25) is 0 Å². The number of hydrogen-bond acceptors (Lipinski definition) is 1. The van der Waals surface area contributed by atoms with Gasteiger partial charge in [-0.1, -0.05) is 46.8 Å². The molecule has 0 amide bonds. The summed E-state index contributed by atoms with van der Waals surface area (Å²) in [4.78, 5) is 0. The van der Waals surface area contributed by atoms with Crippen LogP contribution in [-0.2, 0) is 0 Å². The fourth-order valence-corrected chi connectivity index (χ4v) is 0.742. The third-order valence-electron chi connectivity index (χ3n) is 1.30. The molecule has 0 saturated carbocycles. The largest absolute Gasteiger partial charge is 0.385 e. The van der Waals surface area contributed by atoms with Crippen molar-refractivity contribution in [2.24, 2.45) is 0 Å². The van der Waals surface area contributed by atoms with E-state index in [0.29, 0.717) is 6.04 Å². The highest BCUT2D eigenvalue weighted by Gasteiger charge is 1.96. The summed E-state index contributed by atoms with van der Waals surface area (Å²) in [5.41, 5.74) is 0. The molecule has 1 aliphatic heterocycles. The average molecular weight is 169 g/mol. The van der Waals surface area contributed by atoms with Crippen molar-refractivity contribution in [1.82, 2.24) is 5.32 Å². The quantitative estimate of drug-likeness (QED) is 0.633. The van der Waals surface area contributed by atoms with Crippen LogP contribution in [0.2, 0.25) is 0 Å². The molecule has 0 spiro atoms. The maximum Gasteiger partial charge on any atom is 0.0439 e. The minimum atomic E-state index is 0.569. The van der Waals surface area contributed by atoms with Gasteiger partial charge < -0.3 is 5.32 Å². The number of nitrogens with one attached hydrogen (secondary N) is 1. The second-order valence-corrected chi connectivity index (χ2v) is 1.93. The van der Waals surface area contributed by atoms with Gasteiger partial charge in [-0.25, -0.2) is 0 Å². The lowest BCUT2D eigenvalue weighted by Crippen LogP contribution is -2.21. The molecule has 0 aromatic carbocycles. The van der Waals surface area contributed by atoms with Crippen molar-refractivity contribution in [1.29, 1.82) is 0 Å². The fourth-order valence-electron chi connectivity index (χ4n) is 0.742. The van der Waals surface area contributed by atoms with E-state index in [1.807, 2.05) is 40.0 Å². The minimum absolute atomic E-state index is 0.569. The van der Waals surface area contributed by atoms with Crippen LogP contribution in [0.4, 0.5) is 0 Å². The summed E-state index contributed by atoms with van der Waals surface area (Å²) in [5, 5.41) is 3.20. The van der Waals surface area contributed by atoms with Crippen LogP contribution in [0.3, 0.4) is 0 Å². The van der Waals surface area contributed by atoms with Gasteiger partial charge in [0.1, 0.15) is 0 Å². The van der Waals surface area contributed by atoms with Gasteiger partial charge in [-0.15, -0.1) is 0 Å². The lowest BCUT2D eigenvalue weighted by Gasteiger charge is -2.11. The summed E-state index contributed by atoms with van der Waals surface area (Å²) >= 11 is 0. The van der Waals surface area contributed by atoms with E-state index in [0.717, 1.165) is 0 Å². The predicted molar refractivity (Wildman–Crippen MR) is 58.2 cm³/mol. The molecule has 0 aromatic heterocycles. The van der Waals surface area contributed by atoms with Crippen LogP contribution in [0.15, 0.2) is 24.4 Å². The summed E-state index contributed by atoms with van der Waals surface area (Å²) in [7, 11) is 0. The summed E-state index contributed by atoms with van der Waals surface area (Å²) in [6.45, 7) is 10.2. The summed E-state index contributed by atoms with van der Waals surface area (Å²) in [5.74, 6) is 0. The van der Waals surface area contributed by atoms with Gasteiger partial charge in [0.2, 0.25) is 0 Å². The van der Waals surface area contributed by atoms with Crippen molar-refractivity contribution in [2.75, 3.05) is 0 Å². The Kier molecular flexibility index (Phi) is 14.9. The van der Waals surface area contributed by atoms with E-state index in [2.05, 4.69) is 24.4 Å². The molecule has 1 heterocycles. The highest BCUT2D eigenvalue weighted by molar-refractivity contribution is 5.11. The Labute approximate surface area is 77.6 Å². The molecular weight excluding hydrogens is 146 g/mol. The second-order valence-electron chi connectivity index (χ2n) is 1.93. The normalized spacial score (nSPS) is 17.9. The van der Waals surface area contributed by atoms with Gasteiger partial charge in [-0.05, 0) is 18.7 Å². The molecule has 1 heteroatoms. The Morgan fingerprint density at radius 2 is 1.67 bits per heavy atom. The molecule has 0 saturated heterocycles. The fraction of sp³-hybridized carbons (Fsp3) is 0.636. The molecule has 0 radical (unpaired) electrons. The first-order valence-corrected chi connectivity index (χ1v) is 5.03. The monoisotopic (exact) mass is 169 g/mol. The van der Waals surface area contributed by atoms with E-state index in [4.69, 9.17) is 0 Å². The third kappa shape index (κ3) is 7.39. The zero-order valence-electron chi connectivity index (χ0n) is 9.09. The van der Waals surface area contributed by atoms with E-state index in [1.165, 1.54) is 6.42 Å². The molecule has 0 aliphatic carbocycles. The van der Waals surface area contributed by atoms with Crippen LogP contribution in [0.1, 0.15) is 41.0 Å². The highest BCUT2D eigenvalue weighted by Crippen LogP contribution is 1.96. The van der Waals surface area contributed by atoms with Crippen molar-refractivity contribution < 1.29 is 0 Å². The molecular formula is C11H23N. The number of dihydropyridines is 1. The third-order valence-corrected chi connectivity index (χ3v) is 1.30. The molecule has 1 unspecified atom stereocenters. The predicted octanol–water partition coefficient (Wildman–Crippen LogP) is 3.49. The van der Waals surface area contributed by atoms with Gasteiger partial charge in [-0.2, -0.15) is 0 Å². The summed E-state index contributed by atoms with van der Waals surface area (Å²) < 4.78 is 0. The molecule has 1 N–H and O–H groups in total. The topological polar surface area (TPSA) is 12.0 Å². The average Bonchev–Trinajstić information content (AvgIpc) is 2.25. The maximum atomic E-state index is 3.20. The van der Waals surface area contributed by atoms with Crippen molar-refractivity contribution in [2.45, 2.75) is 47.1 Å². The molecule has 0 fully saturated rings. The van der Waals surface area contributed by atoms with Gasteiger partial charge >= 0.3 is 0 Å². The van der Waals surface area contributed by atoms with Gasteiger partial charge in [0.15, 0.2) is 0 Å². The number of hydrogen-bond donors (Lipinski definition) is 1. The number of allylic oxidation sites excluding steroid dienone is 2. The van der Waals surface area contributed by atoms with Crippen LogP contribution < -0.4 is 5.32 Å². The molecule has 72 valence electrons. The Morgan fingerprint density at radius 3 is 1.92 bits per heavy atom. The SMILES string of the molecule is CC.CC.CCC1C=CC=CN1. The van der Waals surface area contributed by atoms with Crippen molar-refractivity contribution in [3.63, 3.8) is 0 Å². The first kappa shape index (κ1) is 13.8. The lowest BCUT2D eigenvalue weighted by atomic mass is 10.2. The van der Waals surface area contributed by atoms with Crippen LogP contribution >= 0.6 is 0 Å². The Bertz CT molecular complexity index is 114. The molecule has 1 nitrogen and oxygen atoms in total. The van der Waals surface area contributed by atoms with E-state index in [9.17, 15) is 0 Å². The van der Waals surface area contributed by atoms with Gasteiger partial charge in [0.05, 0.1) is 0 Å². The van der Waals surface area contributed by atoms with Crippen molar-refractivity contribution >= 4 is 0 Å². The smallest absolute Gasteiger partial charge is 0.0439 e. The molecule has 1 rings (SSSR count).